The van der Waals surface area contributed by atoms with Gasteiger partial charge in [-0.25, -0.2) is 4.98 Å². The number of H-pyrrole nitrogens is 1. The Morgan fingerprint density at radius 1 is 1.57 bits per heavy atom. The van der Waals surface area contributed by atoms with Crippen molar-refractivity contribution in [3.63, 3.8) is 0 Å². The number of pyridine rings is 1. The van der Waals surface area contributed by atoms with E-state index in [2.05, 4.69) is 30.9 Å². The second-order valence-corrected chi connectivity index (χ2v) is 3.44. The lowest BCUT2D eigenvalue weighted by Crippen LogP contribution is -2.07. The number of hydrogen-bond donors (Lipinski definition) is 1. The molecule has 2 rings (SSSR count). The lowest BCUT2D eigenvalue weighted by molar-refractivity contribution is 0.396. The van der Waals surface area contributed by atoms with Gasteiger partial charge in [-0.05, 0) is 22.0 Å². The number of nitrogens with one attached hydrogen (secondary N) is 1. The quantitative estimate of drug-likeness (QED) is 0.829. The molecule has 0 fully saturated rings. The van der Waals surface area contributed by atoms with Crippen LogP contribution in [0.15, 0.2) is 21.7 Å². The molecule has 0 radical (unpaired) electrons. The molecular weight excluding hydrogens is 250 g/mol. The topological polar surface area (TPSA) is 67.9 Å². The van der Waals surface area contributed by atoms with Crippen LogP contribution < -0.4 is 10.3 Å². The van der Waals surface area contributed by atoms with Crippen LogP contribution in [0.1, 0.15) is 0 Å². The van der Waals surface area contributed by atoms with Crippen molar-refractivity contribution in [3.8, 4) is 5.88 Å². The molecule has 72 valence electrons. The maximum Gasteiger partial charge on any atom is 0.260 e. The Kier molecular flexibility index (Phi) is 2.20. The minimum atomic E-state index is -0.217. The van der Waals surface area contributed by atoms with E-state index in [1.165, 1.54) is 13.4 Å². The summed E-state index contributed by atoms with van der Waals surface area (Å²) in [7, 11) is 1.51. The van der Waals surface area contributed by atoms with Gasteiger partial charge in [0.15, 0.2) is 5.65 Å². The Morgan fingerprint density at radius 3 is 3.07 bits per heavy atom. The van der Waals surface area contributed by atoms with E-state index in [0.29, 0.717) is 21.4 Å². The summed E-state index contributed by atoms with van der Waals surface area (Å²) in [6.07, 6.45) is 1.31. The molecule has 6 heteroatoms. The summed E-state index contributed by atoms with van der Waals surface area (Å²) in [4.78, 5) is 21.8. The minimum Gasteiger partial charge on any atom is -0.480 e. The maximum absolute atomic E-state index is 11.3. The second kappa shape index (κ2) is 3.38. The first-order valence-electron chi connectivity index (χ1n) is 3.80. The molecule has 0 saturated carbocycles. The summed E-state index contributed by atoms with van der Waals surface area (Å²) in [6, 6.07) is 1.63. The van der Waals surface area contributed by atoms with Crippen LogP contribution in [-0.2, 0) is 0 Å². The molecule has 0 aliphatic rings. The van der Waals surface area contributed by atoms with Crippen LogP contribution in [0.3, 0.4) is 0 Å². The fourth-order valence-electron chi connectivity index (χ4n) is 1.10. The Hall–Kier alpha value is -1.43. The first-order chi connectivity index (χ1) is 6.72. The molecule has 5 nitrogen and oxygen atoms in total. The second-order valence-electron chi connectivity index (χ2n) is 2.58. The van der Waals surface area contributed by atoms with Gasteiger partial charge < -0.3 is 9.72 Å². The molecule has 2 aromatic heterocycles. The number of fused-ring (bicyclic) bond motifs is 1. The third kappa shape index (κ3) is 1.37. The molecule has 14 heavy (non-hydrogen) atoms. The van der Waals surface area contributed by atoms with Crippen LogP contribution in [0.25, 0.3) is 11.0 Å². The molecule has 0 unspecified atom stereocenters. The maximum atomic E-state index is 11.3. The summed E-state index contributed by atoms with van der Waals surface area (Å²) in [5.41, 5.74) is 0.152. The monoisotopic (exact) mass is 255 g/mol. The summed E-state index contributed by atoms with van der Waals surface area (Å²) in [5, 5.41) is 0.431. The third-order valence-corrected chi connectivity index (χ3v) is 2.31. The van der Waals surface area contributed by atoms with Gasteiger partial charge in [0.1, 0.15) is 0 Å². The van der Waals surface area contributed by atoms with Crippen LogP contribution in [0.4, 0.5) is 0 Å². The SMILES string of the molecule is COc1nc2nc[nH]c(=O)c2cc1Br. The van der Waals surface area contributed by atoms with Gasteiger partial charge in [-0.1, -0.05) is 0 Å². The largest absolute Gasteiger partial charge is 0.480 e. The Labute approximate surface area is 87.3 Å². The van der Waals surface area contributed by atoms with Crippen molar-refractivity contribution >= 4 is 27.0 Å². The first kappa shape index (κ1) is 9.14. The van der Waals surface area contributed by atoms with Crippen molar-refractivity contribution in [2.24, 2.45) is 0 Å². The van der Waals surface area contributed by atoms with E-state index in [0.717, 1.165) is 0 Å². The van der Waals surface area contributed by atoms with Crippen LogP contribution >= 0.6 is 15.9 Å². The molecule has 0 amide bonds. The fourth-order valence-corrected chi connectivity index (χ4v) is 1.58. The number of aromatic nitrogens is 3. The average Bonchev–Trinajstić information content (AvgIpc) is 2.19. The molecule has 0 saturated heterocycles. The molecule has 0 bridgehead atoms. The Bertz CT molecular complexity index is 538. The summed E-state index contributed by atoms with van der Waals surface area (Å²) >= 11 is 3.24. The van der Waals surface area contributed by atoms with E-state index >= 15 is 0 Å². The van der Waals surface area contributed by atoms with Crippen LogP contribution in [-0.4, -0.2) is 22.1 Å². The van der Waals surface area contributed by atoms with Crippen molar-refractivity contribution in [1.29, 1.82) is 0 Å². The summed E-state index contributed by atoms with van der Waals surface area (Å²) in [6.45, 7) is 0. The predicted molar refractivity (Wildman–Crippen MR) is 54.4 cm³/mol. The van der Waals surface area contributed by atoms with Gasteiger partial charge in [-0.2, -0.15) is 4.98 Å². The highest BCUT2D eigenvalue weighted by atomic mass is 79.9. The number of methoxy groups -OCH3 is 1. The average molecular weight is 256 g/mol. The molecule has 0 aromatic carbocycles. The molecule has 1 N–H and O–H groups in total. The predicted octanol–water partition coefficient (Wildman–Crippen LogP) is 1.09. The zero-order chi connectivity index (χ0) is 10.1. The van der Waals surface area contributed by atoms with Crippen molar-refractivity contribution in [2.45, 2.75) is 0 Å². The zero-order valence-electron chi connectivity index (χ0n) is 7.24. The number of nitrogens with zero attached hydrogens (tertiary/aromatic N) is 2. The van der Waals surface area contributed by atoms with E-state index in [9.17, 15) is 4.79 Å². The highest BCUT2D eigenvalue weighted by Crippen LogP contribution is 2.23. The highest BCUT2D eigenvalue weighted by Gasteiger charge is 2.07. The Balaban J connectivity index is 2.86. The minimum absolute atomic E-state index is 0.217. The van der Waals surface area contributed by atoms with E-state index < -0.39 is 0 Å². The number of halogens is 1. The van der Waals surface area contributed by atoms with Crippen molar-refractivity contribution in [3.05, 3.63) is 27.2 Å². The third-order valence-electron chi connectivity index (χ3n) is 1.74. The van der Waals surface area contributed by atoms with Crippen LogP contribution in [0, 0.1) is 0 Å². The number of rotatable bonds is 1. The normalized spacial score (nSPS) is 10.4. The first-order valence-corrected chi connectivity index (χ1v) is 4.59. The van der Waals surface area contributed by atoms with Gasteiger partial charge in [0.2, 0.25) is 5.88 Å². The van der Waals surface area contributed by atoms with E-state index in [4.69, 9.17) is 4.74 Å². The van der Waals surface area contributed by atoms with Gasteiger partial charge in [0, 0.05) is 0 Å². The van der Waals surface area contributed by atoms with Gasteiger partial charge in [0.05, 0.1) is 23.3 Å². The Morgan fingerprint density at radius 2 is 2.36 bits per heavy atom. The molecule has 0 spiro atoms. The van der Waals surface area contributed by atoms with Gasteiger partial charge in [-0.3, -0.25) is 4.79 Å². The summed E-state index contributed by atoms with van der Waals surface area (Å²) < 4.78 is 5.61. The van der Waals surface area contributed by atoms with E-state index in [-0.39, 0.29) is 5.56 Å². The number of hydrogen-bond acceptors (Lipinski definition) is 4. The number of ether oxygens (including phenoxy) is 1. The van der Waals surface area contributed by atoms with E-state index in [1.54, 1.807) is 6.07 Å². The van der Waals surface area contributed by atoms with Crippen LogP contribution in [0.2, 0.25) is 0 Å². The van der Waals surface area contributed by atoms with Gasteiger partial charge in [0.25, 0.3) is 5.56 Å². The van der Waals surface area contributed by atoms with Crippen molar-refractivity contribution < 1.29 is 4.74 Å². The fraction of sp³-hybridized carbons (Fsp3) is 0.125. The van der Waals surface area contributed by atoms with Crippen molar-refractivity contribution in [1.82, 2.24) is 15.0 Å². The lowest BCUT2D eigenvalue weighted by Gasteiger charge is -2.02. The summed E-state index contributed by atoms with van der Waals surface area (Å²) in [5.74, 6) is 0.413. The molecule has 0 aliphatic heterocycles. The number of aromatic amines is 1. The van der Waals surface area contributed by atoms with Gasteiger partial charge >= 0.3 is 0 Å². The molecule has 2 heterocycles. The van der Waals surface area contributed by atoms with Crippen LogP contribution in [0.5, 0.6) is 5.88 Å². The molecule has 0 atom stereocenters. The highest BCUT2D eigenvalue weighted by molar-refractivity contribution is 9.10. The smallest absolute Gasteiger partial charge is 0.260 e. The van der Waals surface area contributed by atoms with E-state index in [1.807, 2.05) is 0 Å². The molecule has 0 aliphatic carbocycles. The van der Waals surface area contributed by atoms with Gasteiger partial charge in [-0.15, -0.1) is 0 Å². The lowest BCUT2D eigenvalue weighted by atomic mass is 10.3. The zero-order valence-corrected chi connectivity index (χ0v) is 8.83. The standard InChI is InChI=1S/C8H6BrN3O2/c1-14-8-5(9)2-4-6(12-8)10-3-11-7(4)13/h2-3H,1H3,(H,10,11,12,13). The molecule has 2 aromatic rings. The van der Waals surface area contributed by atoms with Crippen molar-refractivity contribution in [2.75, 3.05) is 7.11 Å². The molecular formula is C8H6BrN3O2.